The monoisotopic (exact) mass is 316 g/mol. The van der Waals surface area contributed by atoms with Gasteiger partial charge in [0, 0.05) is 10.7 Å². The zero-order valence-electron chi connectivity index (χ0n) is 9.94. The number of rotatable bonds is 4. The van der Waals surface area contributed by atoms with Crippen molar-refractivity contribution in [2.24, 2.45) is 0 Å². The summed E-state index contributed by atoms with van der Waals surface area (Å²) in [6.07, 6.45) is 1.59. The van der Waals surface area contributed by atoms with Gasteiger partial charge in [-0.1, -0.05) is 23.2 Å². The summed E-state index contributed by atoms with van der Waals surface area (Å²) in [5, 5.41) is 4.42. The molecule has 0 spiro atoms. The normalized spacial score (nSPS) is 10.3. The number of esters is 1. The molecule has 0 bridgehead atoms. The highest BCUT2D eigenvalue weighted by atomic mass is 35.5. The van der Waals surface area contributed by atoms with Crippen LogP contribution >= 0.6 is 34.5 Å². The summed E-state index contributed by atoms with van der Waals surface area (Å²) < 4.78 is 5.34. The van der Waals surface area contributed by atoms with Gasteiger partial charge in [-0.15, -0.1) is 11.3 Å². The zero-order chi connectivity index (χ0) is 13.8. The summed E-state index contributed by atoms with van der Waals surface area (Å²) in [4.78, 5) is 15.8. The van der Waals surface area contributed by atoms with Crippen molar-refractivity contribution in [2.75, 3.05) is 12.4 Å². The van der Waals surface area contributed by atoms with Crippen molar-refractivity contribution in [3.8, 4) is 0 Å². The Morgan fingerprint density at radius 3 is 2.89 bits per heavy atom. The van der Waals surface area contributed by atoms with Crippen molar-refractivity contribution >= 4 is 46.2 Å². The first-order valence-electron chi connectivity index (χ1n) is 5.32. The Balaban J connectivity index is 2.17. The fourth-order valence-corrected chi connectivity index (χ4v) is 2.56. The van der Waals surface area contributed by atoms with E-state index in [-0.39, 0.29) is 0 Å². The Bertz CT molecular complexity index is 601. The van der Waals surface area contributed by atoms with E-state index in [4.69, 9.17) is 27.9 Å². The summed E-state index contributed by atoms with van der Waals surface area (Å²) in [5.41, 5.74) is 1.03. The maximum absolute atomic E-state index is 11.6. The molecule has 7 heteroatoms. The summed E-state index contributed by atoms with van der Waals surface area (Å²) in [6.45, 7) is 0.475. The maximum Gasteiger partial charge on any atom is 0.340 e. The molecular weight excluding hydrogens is 307 g/mol. The van der Waals surface area contributed by atoms with Crippen LogP contribution in [-0.2, 0) is 11.3 Å². The fraction of sp³-hybridized carbons (Fsp3) is 0.167. The number of anilines is 1. The number of nitrogens with one attached hydrogen (secondary N) is 1. The topological polar surface area (TPSA) is 51.2 Å². The molecule has 19 heavy (non-hydrogen) atoms. The van der Waals surface area contributed by atoms with E-state index >= 15 is 0 Å². The van der Waals surface area contributed by atoms with Crippen LogP contribution in [0.25, 0.3) is 0 Å². The van der Waals surface area contributed by atoms with E-state index in [2.05, 4.69) is 10.3 Å². The molecule has 0 fully saturated rings. The second-order valence-corrected chi connectivity index (χ2v) is 5.78. The van der Waals surface area contributed by atoms with Crippen LogP contribution in [0.1, 0.15) is 15.4 Å². The molecule has 1 N–H and O–H groups in total. The van der Waals surface area contributed by atoms with E-state index in [1.54, 1.807) is 24.4 Å². The zero-order valence-corrected chi connectivity index (χ0v) is 12.3. The lowest BCUT2D eigenvalue weighted by molar-refractivity contribution is 0.0602. The standard InChI is InChI=1S/C12H10Cl2N2O2S/c1-18-12(17)8-4-7(13)2-3-9(8)15-6-11-16-5-10(14)19-11/h2-5,15H,6H2,1H3. The van der Waals surface area contributed by atoms with Crippen molar-refractivity contribution in [1.82, 2.24) is 4.98 Å². The van der Waals surface area contributed by atoms with Gasteiger partial charge in [0.1, 0.15) is 9.34 Å². The Kier molecular flexibility index (Phi) is 4.63. The largest absolute Gasteiger partial charge is 0.465 e. The molecule has 1 heterocycles. The third-order valence-electron chi connectivity index (χ3n) is 2.34. The lowest BCUT2D eigenvalue weighted by atomic mass is 10.2. The van der Waals surface area contributed by atoms with Crippen LogP contribution in [0.4, 0.5) is 5.69 Å². The van der Waals surface area contributed by atoms with Crippen molar-refractivity contribution in [3.05, 3.63) is 44.3 Å². The van der Waals surface area contributed by atoms with Crippen molar-refractivity contribution in [1.29, 1.82) is 0 Å². The number of methoxy groups -OCH3 is 1. The number of thiazole rings is 1. The molecule has 0 aliphatic rings. The summed E-state index contributed by atoms with van der Waals surface area (Å²) >= 11 is 13.1. The molecule has 4 nitrogen and oxygen atoms in total. The van der Waals surface area contributed by atoms with Gasteiger partial charge in [0.15, 0.2) is 0 Å². The SMILES string of the molecule is COC(=O)c1cc(Cl)ccc1NCc1ncc(Cl)s1. The van der Waals surface area contributed by atoms with Gasteiger partial charge in [-0.3, -0.25) is 0 Å². The second kappa shape index (κ2) is 6.23. The van der Waals surface area contributed by atoms with Crippen molar-refractivity contribution in [3.63, 3.8) is 0 Å². The van der Waals surface area contributed by atoms with Crippen LogP contribution < -0.4 is 5.32 Å². The molecule has 1 aromatic carbocycles. The summed E-state index contributed by atoms with van der Waals surface area (Å²) in [7, 11) is 1.33. The molecule has 0 unspecified atom stereocenters. The molecule has 0 saturated carbocycles. The Morgan fingerprint density at radius 1 is 1.47 bits per heavy atom. The highest BCUT2D eigenvalue weighted by Gasteiger charge is 2.12. The van der Waals surface area contributed by atoms with Crippen LogP contribution in [0.2, 0.25) is 9.36 Å². The number of halogens is 2. The van der Waals surface area contributed by atoms with E-state index in [1.165, 1.54) is 18.4 Å². The van der Waals surface area contributed by atoms with Crippen molar-refractivity contribution in [2.45, 2.75) is 6.54 Å². The Labute approximate surface area is 124 Å². The van der Waals surface area contributed by atoms with Gasteiger partial charge in [-0.05, 0) is 18.2 Å². The first kappa shape index (κ1) is 14.1. The van der Waals surface area contributed by atoms with E-state index in [0.29, 0.717) is 27.2 Å². The second-order valence-electron chi connectivity index (χ2n) is 3.59. The van der Waals surface area contributed by atoms with Crippen LogP contribution in [0.15, 0.2) is 24.4 Å². The first-order chi connectivity index (χ1) is 9.10. The molecule has 1 aromatic heterocycles. The molecule has 0 saturated heterocycles. The number of hydrogen-bond acceptors (Lipinski definition) is 5. The average molecular weight is 317 g/mol. The average Bonchev–Trinajstić information content (AvgIpc) is 2.82. The molecule has 0 amide bonds. The summed E-state index contributed by atoms with van der Waals surface area (Å²) in [5.74, 6) is -0.442. The highest BCUT2D eigenvalue weighted by molar-refractivity contribution is 7.15. The highest BCUT2D eigenvalue weighted by Crippen LogP contribution is 2.24. The van der Waals surface area contributed by atoms with Gasteiger partial charge < -0.3 is 10.1 Å². The van der Waals surface area contributed by atoms with Crippen LogP contribution in [-0.4, -0.2) is 18.1 Å². The molecule has 0 aliphatic carbocycles. The van der Waals surface area contributed by atoms with Crippen LogP contribution in [0.5, 0.6) is 0 Å². The molecule has 2 rings (SSSR count). The van der Waals surface area contributed by atoms with Gasteiger partial charge in [-0.2, -0.15) is 0 Å². The molecule has 0 atom stereocenters. The van der Waals surface area contributed by atoms with E-state index < -0.39 is 5.97 Å². The number of benzene rings is 1. The number of carbonyl (C=O) groups is 1. The smallest absolute Gasteiger partial charge is 0.340 e. The number of aromatic nitrogens is 1. The van der Waals surface area contributed by atoms with Crippen LogP contribution in [0, 0.1) is 0 Å². The molecule has 0 aliphatic heterocycles. The van der Waals surface area contributed by atoms with Crippen LogP contribution in [0.3, 0.4) is 0 Å². The Hall–Kier alpha value is -1.30. The van der Waals surface area contributed by atoms with Gasteiger partial charge in [-0.25, -0.2) is 9.78 Å². The first-order valence-corrected chi connectivity index (χ1v) is 6.89. The van der Waals surface area contributed by atoms with E-state index in [9.17, 15) is 4.79 Å². The van der Waals surface area contributed by atoms with Gasteiger partial charge in [0.2, 0.25) is 0 Å². The lowest BCUT2D eigenvalue weighted by Crippen LogP contribution is -2.08. The number of nitrogens with zero attached hydrogens (tertiary/aromatic N) is 1. The molecular formula is C12H10Cl2N2O2S. The predicted octanol–water partition coefficient (Wildman–Crippen LogP) is 3.85. The van der Waals surface area contributed by atoms with E-state index in [0.717, 1.165) is 5.01 Å². The summed E-state index contributed by atoms with van der Waals surface area (Å²) in [6, 6.07) is 4.99. The molecule has 100 valence electrons. The van der Waals surface area contributed by atoms with Gasteiger partial charge >= 0.3 is 5.97 Å². The lowest BCUT2D eigenvalue weighted by Gasteiger charge is -2.10. The Morgan fingerprint density at radius 2 is 2.26 bits per heavy atom. The predicted molar refractivity (Wildman–Crippen MR) is 77.2 cm³/mol. The third-order valence-corrected chi connectivity index (χ3v) is 3.69. The number of ether oxygens (including phenoxy) is 1. The maximum atomic E-state index is 11.6. The minimum atomic E-state index is -0.442. The minimum Gasteiger partial charge on any atom is -0.465 e. The number of carbonyl (C=O) groups excluding carboxylic acids is 1. The van der Waals surface area contributed by atoms with Crippen molar-refractivity contribution < 1.29 is 9.53 Å². The quantitative estimate of drug-likeness (QED) is 0.870. The molecule has 2 aromatic rings. The third kappa shape index (κ3) is 3.59. The minimum absolute atomic E-state index is 0.387. The molecule has 0 radical (unpaired) electrons. The number of hydrogen-bond donors (Lipinski definition) is 1. The van der Waals surface area contributed by atoms with Gasteiger partial charge in [0.05, 0.1) is 25.4 Å². The van der Waals surface area contributed by atoms with Gasteiger partial charge in [0.25, 0.3) is 0 Å². The van der Waals surface area contributed by atoms with E-state index in [1.807, 2.05) is 0 Å². The fourth-order valence-electron chi connectivity index (χ4n) is 1.49.